The van der Waals surface area contributed by atoms with E-state index < -0.39 is 0 Å². The van der Waals surface area contributed by atoms with Gasteiger partial charge in [-0.05, 0) is 144 Å². The van der Waals surface area contributed by atoms with Gasteiger partial charge in [-0.15, -0.1) is 11.3 Å². The Labute approximate surface area is 296 Å². The van der Waals surface area contributed by atoms with Crippen molar-refractivity contribution >= 4 is 75.4 Å². The predicted molar refractivity (Wildman–Crippen MR) is 207 cm³/mol. The van der Waals surface area contributed by atoms with Crippen molar-refractivity contribution in [3.63, 3.8) is 0 Å². The lowest BCUT2D eigenvalue weighted by molar-refractivity contribution is 0.415. The summed E-state index contributed by atoms with van der Waals surface area (Å²) in [6, 6.07) is 40.8. The molecule has 0 radical (unpaired) electrons. The molecule has 0 spiro atoms. The Bertz CT molecular complexity index is 1950. The van der Waals surface area contributed by atoms with Crippen LogP contribution in [0.1, 0.15) is 37.6 Å². The number of rotatable bonds is 10. The number of anilines is 3. The first-order valence-electron chi connectivity index (χ1n) is 15.5. The van der Waals surface area contributed by atoms with Crippen molar-refractivity contribution in [3.05, 3.63) is 169 Å². The minimum Gasteiger partial charge on any atom is -0.497 e. The van der Waals surface area contributed by atoms with Crippen molar-refractivity contribution in [2.75, 3.05) is 19.1 Å². The van der Waals surface area contributed by atoms with Gasteiger partial charge in [0.2, 0.25) is 0 Å². The van der Waals surface area contributed by atoms with Gasteiger partial charge in [-0.3, -0.25) is 0 Å². The second-order valence-corrected chi connectivity index (χ2v) is 13.3. The zero-order valence-corrected chi connectivity index (χ0v) is 29.5. The van der Waals surface area contributed by atoms with E-state index in [1.54, 1.807) is 25.6 Å². The maximum atomic E-state index is 6.23. The highest BCUT2D eigenvalue weighted by molar-refractivity contribution is 7.14. The minimum atomic E-state index is 0.715. The molecule has 0 saturated heterocycles. The molecule has 1 aromatic heterocycles. The highest BCUT2D eigenvalue weighted by Crippen LogP contribution is 2.38. The molecule has 0 aliphatic rings. The molecule has 1 heterocycles. The van der Waals surface area contributed by atoms with Crippen LogP contribution in [-0.4, -0.2) is 14.2 Å². The van der Waals surface area contributed by atoms with Gasteiger partial charge in [0.1, 0.15) is 11.5 Å². The molecular weight excluding hydrogens is 653 g/mol. The molecule has 0 fully saturated rings. The lowest BCUT2D eigenvalue weighted by atomic mass is 9.96. The van der Waals surface area contributed by atoms with Gasteiger partial charge in [0.15, 0.2) is 0 Å². The van der Waals surface area contributed by atoms with Gasteiger partial charge in [-0.1, -0.05) is 65.7 Å². The highest BCUT2D eigenvalue weighted by Gasteiger charge is 2.14. The van der Waals surface area contributed by atoms with E-state index in [4.69, 9.17) is 32.7 Å². The summed E-state index contributed by atoms with van der Waals surface area (Å²) >= 11 is 14.2. The Morgan fingerprint density at radius 1 is 0.542 bits per heavy atom. The second-order valence-electron chi connectivity index (χ2n) is 11.3. The molecule has 0 unspecified atom stereocenters. The van der Waals surface area contributed by atoms with Crippen LogP contribution in [0.3, 0.4) is 0 Å². The number of ether oxygens (including phenoxy) is 2. The van der Waals surface area contributed by atoms with Crippen molar-refractivity contribution in [1.29, 1.82) is 0 Å². The fourth-order valence-electron chi connectivity index (χ4n) is 5.48. The summed E-state index contributed by atoms with van der Waals surface area (Å²) in [5.41, 5.74) is 10.1. The fraction of sp³-hybridized carbons (Fsp3) is 0.0952. The van der Waals surface area contributed by atoms with Crippen molar-refractivity contribution in [2.24, 2.45) is 0 Å². The summed E-state index contributed by atoms with van der Waals surface area (Å²) in [5.74, 6) is 1.63. The van der Waals surface area contributed by atoms with Crippen molar-refractivity contribution < 1.29 is 9.47 Å². The second kappa shape index (κ2) is 15.0. The van der Waals surface area contributed by atoms with Crippen LogP contribution in [0.5, 0.6) is 11.5 Å². The van der Waals surface area contributed by atoms with Crippen LogP contribution in [-0.2, 0) is 0 Å². The van der Waals surface area contributed by atoms with Crippen molar-refractivity contribution in [2.45, 2.75) is 13.8 Å². The minimum absolute atomic E-state index is 0.715. The average Bonchev–Trinajstić information content (AvgIpc) is 3.39. The van der Waals surface area contributed by atoms with Crippen LogP contribution in [0.25, 0.3) is 23.8 Å². The number of methoxy groups -OCH3 is 2. The monoisotopic (exact) mass is 687 g/mol. The third-order valence-corrected chi connectivity index (χ3v) is 10.2. The summed E-state index contributed by atoms with van der Waals surface area (Å²) < 4.78 is 10.8. The molecule has 6 heteroatoms. The average molecular weight is 689 g/mol. The zero-order chi connectivity index (χ0) is 33.6. The van der Waals surface area contributed by atoms with Gasteiger partial charge in [-0.2, -0.15) is 0 Å². The Hall–Kier alpha value is -4.74. The van der Waals surface area contributed by atoms with Crippen LogP contribution < -0.4 is 14.4 Å². The van der Waals surface area contributed by atoms with Gasteiger partial charge < -0.3 is 14.4 Å². The fourth-order valence-corrected chi connectivity index (χ4v) is 6.89. The molecule has 0 saturated carbocycles. The summed E-state index contributed by atoms with van der Waals surface area (Å²) in [6.07, 6.45) is 6.67. The van der Waals surface area contributed by atoms with Gasteiger partial charge in [0, 0.05) is 36.9 Å². The molecule has 3 nitrogen and oxygen atoms in total. The van der Waals surface area contributed by atoms with Crippen LogP contribution in [0.15, 0.2) is 121 Å². The van der Waals surface area contributed by atoms with Crippen molar-refractivity contribution in [1.82, 2.24) is 0 Å². The van der Waals surface area contributed by atoms with Crippen LogP contribution in [0.4, 0.5) is 17.1 Å². The molecule has 6 rings (SSSR count). The van der Waals surface area contributed by atoms with Gasteiger partial charge in [-0.25, -0.2) is 0 Å². The number of hydrogen-bond acceptors (Lipinski definition) is 4. The van der Waals surface area contributed by atoms with Gasteiger partial charge in [0.25, 0.3) is 0 Å². The molecule has 48 heavy (non-hydrogen) atoms. The van der Waals surface area contributed by atoms with Gasteiger partial charge >= 0.3 is 0 Å². The lowest BCUT2D eigenvalue weighted by Crippen LogP contribution is -2.09. The highest BCUT2D eigenvalue weighted by atomic mass is 35.5. The summed E-state index contributed by atoms with van der Waals surface area (Å²) in [4.78, 5) is 4.67. The van der Waals surface area contributed by atoms with E-state index in [1.807, 2.05) is 48.5 Å². The molecule has 6 aromatic rings. The zero-order valence-electron chi connectivity index (χ0n) is 27.2. The molecule has 0 bridgehead atoms. The Kier molecular flexibility index (Phi) is 10.4. The normalized spacial score (nSPS) is 11.0. The molecular formula is C42H35Cl2NO2S. The van der Waals surface area contributed by atoms with E-state index >= 15 is 0 Å². The smallest absolute Gasteiger partial charge is 0.119 e. The number of hydrogen-bond donors (Lipinski definition) is 0. The van der Waals surface area contributed by atoms with E-state index in [9.17, 15) is 0 Å². The first-order valence-corrected chi connectivity index (χ1v) is 17.1. The topological polar surface area (TPSA) is 21.7 Å². The SMILES string of the molecule is COc1ccc(N(c2ccc(C=Cc3sc(C=C(c4ccc(Cl)cc4)c4ccc(Cl)cc4)c(C)c3C)cc2)c2ccc(OC)cc2)cc1. The van der Waals surface area contributed by atoms with Crippen molar-refractivity contribution in [3.8, 4) is 11.5 Å². The number of benzene rings is 5. The van der Waals surface area contributed by atoms with E-state index in [-0.39, 0.29) is 0 Å². The number of thiophene rings is 1. The van der Waals surface area contributed by atoms with E-state index in [0.29, 0.717) is 10.0 Å². The number of nitrogens with zero attached hydrogens (tertiary/aromatic N) is 1. The largest absolute Gasteiger partial charge is 0.497 e. The van der Waals surface area contributed by atoms with E-state index in [0.717, 1.165) is 50.8 Å². The summed E-state index contributed by atoms with van der Waals surface area (Å²) in [6.45, 7) is 4.38. The molecule has 0 N–H and O–H groups in total. The van der Waals surface area contributed by atoms with Crippen LogP contribution in [0.2, 0.25) is 10.0 Å². The maximum Gasteiger partial charge on any atom is 0.119 e. The van der Waals surface area contributed by atoms with Crippen LogP contribution >= 0.6 is 34.5 Å². The molecule has 0 aliphatic heterocycles. The lowest BCUT2D eigenvalue weighted by Gasteiger charge is -2.26. The third kappa shape index (κ3) is 7.53. The molecule has 0 atom stereocenters. The predicted octanol–water partition coefficient (Wildman–Crippen LogP) is 12.9. The summed E-state index contributed by atoms with van der Waals surface area (Å²) in [7, 11) is 3.36. The van der Waals surface area contributed by atoms with Gasteiger partial charge in [0.05, 0.1) is 14.2 Å². The maximum absolute atomic E-state index is 6.23. The van der Waals surface area contributed by atoms with E-state index in [1.165, 1.54) is 20.9 Å². The Balaban J connectivity index is 1.29. The third-order valence-electron chi connectivity index (χ3n) is 8.35. The first kappa shape index (κ1) is 33.2. The summed E-state index contributed by atoms with van der Waals surface area (Å²) in [5, 5.41) is 1.43. The Morgan fingerprint density at radius 2 is 0.958 bits per heavy atom. The molecule has 5 aromatic carbocycles. The molecule has 240 valence electrons. The molecule has 0 aliphatic carbocycles. The molecule has 0 amide bonds. The van der Waals surface area contributed by atoms with Crippen LogP contribution in [0, 0.1) is 13.8 Å². The Morgan fingerprint density at radius 3 is 1.40 bits per heavy atom. The first-order chi connectivity index (χ1) is 23.3. The standard InChI is InChI=1S/C42H35Cl2NO2S/c1-28-29(2)42(27-40(31-8-12-33(43)13-9-31)32-10-14-34(44)15-11-32)48-41(28)26-7-30-5-16-35(17-6-30)45(36-18-22-38(46-3)23-19-36)37-20-24-39(47-4)25-21-37/h5-27H,1-4H3. The van der Waals surface area contributed by atoms with E-state index in [2.05, 4.69) is 110 Å². The number of halogens is 2. The quantitative estimate of drug-likeness (QED) is 0.143.